The molecule has 1 rings (SSSR count). The van der Waals surface area contributed by atoms with Crippen molar-refractivity contribution in [3.05, 3.63) is 22.4 Å². The van der Waals surface area contributed by atoms with Gasteiger partial charge in [-0.15, -0.1) is 0 Å². The van der Waals surface area contributed by atoms with Crippen LogP contribution in [0.5, 0.6) is 0 Å². The molecule has 18 heavy (non-hydrogen) atoms. The number of carbonyl (C=O) groups excluding carboxylic acids is 1. The van der Waals surface area contributed by atoms with Crippen molar-refractivity contribution in [1.82, 2.24) is 9.88 Å². The van der Waals surface area contributed by atoms with Crippen molar-refractivity contribution in [3.63, 3.8) is 0 Å². The molecule has 0 aliphatic carbocycles. The summed E-state index contributed by atoms with van der Waals surface area (Å²) in [5.74, 6) is 1.17. The third kappa shape index (κ3) is 4.69. The van der Waals surface area contributed by atoms with E-state index in [1.165, 1.54) is 0 Å². The normalized spacial score (nSPS) is 10.9. The van der Waals surface area contributed by atoms with Crippen LogP contribution in [-0.2, 0) is 0 Å². The summed E-state index contributed by atoms with van der Waals surface area (Å²) in [6.07, 6.45) is 6.24. The molecule has 1 aromatic rings. The van der Waals surface area contributed by atoms with Gasteiger partial charge in [0, 0.05) is 23.3 Å². The van der Waals surface area contributed by atoms with Gasteiger partial charge in [0.1, 0.15) is 5.69 Å². The van der Waals surface area contributed by atoms with Crippen molar-refractivity contribution in [3.8, 4) is 0 Å². The minimum atomic E-state index is 0.0125. The molecule has 0 aliphatic heterocycles. The molecule has 0 fully saturated rings. The Bertz CT molecular complexity index is 390. The van der Waals surface area contributed by atoms with Crippen LogP contribution in [0.4, 0.5) is 0 Å². The van der Waals surface area contributed by atoms with E-state index in [0.717, 1.165) is 35.3 Å². The third-order valence-electron chi connectivity index (χ3n) is 2.66. The Morgan fingerprint density at radius 1 is 1.50 bits per heavy atom. The fourth-order valence-electron chi connectivity index (χ4n) is 1.72. The van der Waals surface area contributed by atoms with Crippen LogP contribution in [0.25, 0.3) is 0 Å². The molecule has 0 radical (unpaired) electrons. The summed E-state index contributed by atoms with van der Waals surface area (Å²) in [7, 11) is 0. The Balaban J connectivity index is 2.51. The Morgan fingerprint density at radius 3 is 2.83 bits per heavy atom. The van der Waals surface area contributed by atoms with Gasteiger partial charge in [-0.05, 0) is 60.7 Å². The van der Waals surface area contributed by atoms with Crippen molar-refractivity contribution in [2.45, 2.75) is 32.7 Å². The van der Waals surface area contributed by atoms with Gasteiger partial charge in [-0.1, -0.05) is 0 Å². The van der Waals surface area contributed by atoms with E-state index in [9.17, 15) is 4.79 Å². The summed E-state index contributed by atoms with van der Waals surface area (Å²) < 4.78 is 2.94. The molecule has 102 valence electrons. The SMILES string of the molecule is CSCCCCNC(=O)c1cc(Br)cn1C(C)C. The Hall–Kier alpha value is -0.420. The van der Waals surface area contributed by atoms with Crippen molar-refractivity contribution < 1.29 is 4.79 Å². The van der Waals surface area contributed by atoms with Gasteiger partial charge in [0.25, 0.3) is 5.91 Å². The van der Waals surface area contributed by atoms with E-state index in [2.05, 4.69) is 41.3 Å². The minimum Gasteiger partial charge on any atom is -0.351 e. The van der Waals surface area contributed by atoms with Gasteiger partial charge in [-0.25, -0.2) is 0 Å². The fraction of sp³-hybridized carbons (Fsp3) is 0.615. The molecule has 0 unspecified atom stereocenters. The Kier molecular flexibility index (Phi) is 6.86. The fourth-order valence-corrected chi connectivity index (χ4v) is 2.65. The molecule has 1 heterocycles. The van der Waals surface area contributed by atoms with Crippen LogP contribution in [0.15, 0.2) is 16.7 Å². The smallest absolute Gasteiger partial charge is 0.267 e. The van der Waals surface area contributed by atoms with Crippen LogP contribution in [0.1, 0.15) is 43.2 Å². The first kappa shape index (κ1) is 15.6. The number of amides is 1. The molecule has 0 aliphatic rings. The van der Waals surface area contributed by atoms with E-state index in [1.54, 1.807) is 0 Å². The summed E-state index contributed by atoms with van der Waals surface area (Å²) in [6, 6.07) is 2.16. The number of thioether (sulfide) groups is 1. The van der Waals surface area contributed by atoms with E-state index >= 15 is 0 Å². The first-order valence-electron chi connectivity index (χ1n) is 6.20. The number of rotatable bonds is 7. The first-order chi connectivity index (χ1) is 8.56. The zero-order valence-corrected chi connectivity index (χ0v) is 13.6. The summed E-state index contributed by atoms with van der Waals surface area (Å²) >= 11 is 5.26. The maximum Gasteiger partial charge on any atom is 0.267 e. The van der Waals surface area contributed by atoms with E-state index in [1.807, 2.05) is 28.6 Å². The Morgan fingerprint density at radius 2 is 2.22 bits per heavy atom. The van der Waals surface area contributed by atoms with Gasteiger partial charge in [0.15, 0.2) is 0 Å². The highest BCUT2D eigenvalue weighted by Crippen LogP contribution is 2.19. The second-order valence-corrected chi connectivity index (χ2v) is 6.40. The van der Waals surface area contributed by atoms with Gasteiger partial charge < -0.3 is 9.88 Å². The van der Waals surface area contributed by atoms with Crippen molar-refractivity contribution in [2.75, 3.05) is 18.6 Å². The lowest BCUT2D eigenvalue weighted by molar-refractivity contribution is 0.0942. The van der Waals surface area contributed by atoms with Crippen molar-refractivity contribution in [2.24, 2.45) is 0 Å². The molecule has 0 saturated carbocycles. The highest BCUT2D eigenvalue weighted by molar-refractivity contribution is 9.10. The number of aromatic nitrogens is 1. The summed E-state index contributed by atoms with van der Waals surface area (Å²) in [5.41, 5.74) is 0.724. The number of hydrogen-bond donors (Lipinski definition) is 1. The van der Waals surface area contributed by atoms with Gasteiger partial charge >= 0.3 is 0 Å². The average molecular weight is 333 g/mol. The second kappa shape index (κ2) is 7.89. The second-order valence-electron chi connectivity index (χ2n) is 4.50. The highest BCUT2D eigenvalue weighted by Gasteiger charge is 2.14. The number of carbonyl (C=O) groups is 1. The van der Waals surface area contributed by atoms with E-state index < -0.39 is 0 Å². The van der Waals surface area contributed by atoms with Gasteiger partial charge in [-0.3, -0.25) is 4.79 Å². The number of nitrogens with one attached hydrogen (secondary N) is 1. The molecular formula is C13H21BrN2OS. The lowest BCUT2D eigenvalue weighted by Gasteiger charge is -2.12. The summed E-state index contributed by atoms with van der Waals surface area (Å²) in [5, 5.41) is 2.98. The zero-order valence-electron chi connectivity index (χ0n) is 11.2. The van der Waals surface area contributed by atoms with Gasteiger partial charge in [-0.2, -0.15) is 11.8 Å². The molecule has 0 aromatic carbocycles. The monoisotopic (exact) mass is 332 g/mol. The van der Waals surface area contributed by atoms with E-state index in [0.29, 0.717) is 0 Å². The molecular weight excluding hydrogens is 312 g/mol. The van der Waals surface area contributed by atoms with Crippen LogP contribution in [0.3, 0.4) is 0 Å². The van der Waals surface area contributed by atoms with E-state index in [4.69, 9.17) is 0 Å². The maximum atomic E-state index is 12.1. The minimum absolute atomic E-state index is 0.0125. The number of nitrogens with zero attached hydrogens (tertiary/aromatic N) is 1. The zero-order chi connectivity index (χ0) is 13.5. The number of halogens is 1. The van der Waals surface area contributed by atoms with E-state index in [-0.39, 0.29) is 11.9 Å². The molecule has 1 amide bonds. The first-order valence-corrected chi connectivity index (χ1v) is 8.39. The van der Waals surface area contributed by atoms with Gasteiger partial charge in [0.05, 0.1) is 0 Å². The quantitative estimate of drug-likeness (QED) is 0.772. The largest absolute Gasteiger partial charge is 0.351 e. The molecule has 1 aromatic heterocycles. The molecule has 5 heteroatoms. The number of unbranched alkanes of at least 4 members (excludes halogenated alkanes) is 1. The molecule has 3 nitrogen and oxygen atoms in total. The van der Waals surface area contributed by atoms with Gasteiger partial charge in [0.2, 0.25) is 0 Å². The lowest BCUT2D eigenvalue weighted by atomic mass is 10.3. The maximum absolute atomic E-state index is 12.1. The lowest BCUT2D eigenvalue weighted by Crippen LogP contribution is -2.27. The summed E-state index contributed by atoms with van der Waals surface area (Å²) in [6.45, 7) is 4.89. The molecule has 0 saturated heterocycles. The molecule has 0 bridgehead atoms. The average Bonchev–Trinajstić information content (AvgIpc) is 2.71. The Labute approximate surface area is 122 Å². The molecule has 0 atom stereocenters. The van der Waals surface area contributed by atoms with Crippen LogP contribution in [0.2, 0.25) is 0 Å². The predicted octanol–water partition coefficient (Wildman–Crippen LogP) is 3.70. The third-order valence-corrected chi connectivity index (χ3v) is 3.80. The molecule has 1 N–H and O–H groups in total. The molecule has 0 spiro atoms. The highest BCUT2D eigenvalue weighted by atomic mass is 79.9. The van der Waals surface area contributed by atoms with Crippen LogP contribution < -0.4 is 5.32 Å². The van der Waals surface area contributed by atoms with Crippen LogP contribution >= 0.6 is 27.7 Å². The number of hydrogen-bond acceptors (Lipinski definition) is 2. The summed E-state index contributed by atoms with van der Waals surface area (Å²) in [4.78, 5) is 12.1. The van der Waals surface area contributed by atoms with Crippen molar-refractivity contribution in [1.29, 1.82) is 0 Å². The van der Waals surface area contributed by atoms with Crippen molar-refractivity contribution >= 4 is 33.6 Å². The van der Waals surface area contributed by atoms with Crippen LogP contribution in [0, 0.1) is 0 Å². The van der Waals surface area contributed by atoms with Crippen LogP contribution in [-0.4, -0.2) is 29.0 Å². The predicted molar refractivity (Wildman–Crippen MR) is 82.5 cm³/mol. The topological polar surface area (TPSA) is 34.0 Å². The standard InChI is InChI=1S/C13H21BrN2OS/c1-10(2)16-9-11(14)8-12(16)13(17)15-6-4-5-7-18-3/h8-10H,4-7H2,1-3H3,(H,15,17).